The van der Waals surface area contributed by atoms with Crippen molar-refractivity contribution < 1.29 is 9.53 Å². The maximum absolute atomic E-state index is 11.7. The molecule has 1 aromatic carbocycles. The van der Waals surface area contributed by atoms with Crippen LogP contribution in [-0.2, 0) is 4.79 Å². The van der Waals surface area contributed by atoms with E-state index in [1.807, 2.05) is 31.2 Å². The van der Waals surface area contributed by atoms with Crippen molar-refractivity contribution in [3.8, 4) is 17.7 Å². The molecule has 19 heavy (non-hydrogen) atoms. The monoisotopic (exact) mass is 256 g/mol. The van der Waals surface area contributed by atoms with Crippen LogP contribution < -0.4 is 4.74 Å². The minimum Gasteiger partial charge on any atom is -0.497 e. The van der Waals surface area contributed by atoms with Gasteiger partial charge in [0, 0.05) is 25.3 Å². The van der Waals surface area contributed by atoms with Crippen molar-refractivity contribution in [2.45, 2.75) is 26.2 Å². The van der Waals surface area contributed by atoms with Gasteiger partial charge in [-0.1, -0.05) is 12.8 Å². The molecule has 98 valence electrons. The molecule has 1 heterocycles. The summed E-state index contributed by atoms with van der Waals surface area (Å²) in [4.78, 5) is 11.7. The average molecular weight is 256 g/mol. The van der Waals surface area contributed by atoms with Crippen LogP contribution in [0, 0.1) is 12.0 Å². The van der Waals surface area contributed by atoms with Crippen molar-refractivity contribution in [2.75, 3.05) is 7.11 Å². The topological polar surface area (TPSA) is 41.9 Å². The Morgan fingerprint density at radius 3 is 2.68 bits per heavy atom. The molecule has 0 aromatic heterocycles. The Morgan fingerprint density at radius 1 is 1.32 bits per heavy atom. The Morgan fingerprint density at radius 2 is 2.05 bits per heavy atom. The SMILES string of the molecule is CCC#CN1N=C(c2ccc(OC)cc2)CCC1=O. The van der Waals surface area contributed by atoms with Crippen molar-refractivity contribution >= 4 is 11.6 Å². The number of amides is 1. The summed E-state index contributed by atoms with van der Waals surface area (Å²) in [5.41, 5.74) is 1.88. The van der Waals surface area contributed by atoms with E-state index in [2.05, 4.69) is 17.1 Å². The van der Waals surface area contributed by atoms with E-state index in [9.17, 15) is 4.79 Å². The molecule has 0 bridgehead atoms. The minimum atomic E-state index is -0.0433. The Labute approximate surface area is 113 Å². The Hall–Kier alpha value is -2.28. The molecule has 0 radical (unpaired) electrons. The molecule has 0 unspecified atom stereocenters. The summed E-state index contributed by atoms with van der Waals surface area (Å²) in [7, 11) is 1.63. The second kappa shape index (κ2) is 6.05. The lowest BCUT2D eigenvalue weighted by molar-refractivity contribution is -0.128. The van der Waals surface area contributed by atoms with Gasteiger partial charge in [-0.25, -0.2) is 0 Å². The van der Waals surface area contributed by atoms with E-state index in [0.29, 0.717) is 19.3 Å². The maximum atomic E-state index is 11.7. The zero-order valence-corrected chi connectivity index (χ0v) is 11.1. The first kappa shape index (κ1) is 13.2. The Kier molecular flexibility index (Phi) is 4.19. The van der Waals surface area contributed by atoms with Gasteiger partial charge in [0.2, 0.25) is 0 Å². The molecule has 2 rings (SSSR count). The molecule has 0 saturated carbocycles. The molecule has 0 N–H and O–H groups in total. The number of hydrazone groups is 1. The number of carbonyl (C=O) groups excluding carboxylic acids is 1. The highest BCUT2D eigenvalue weighted by Crippen LogP contribution is 2.17. The van der Waals surface area contributed by atoms with Gasteiger partial charge in [-0.05, 0) is 29.8 Å². The fourth-order valence-electron chi connectivity index (χ4n) is 1.78. The molecule has 1 aliphatic rings. The van der Waals surface area contributed by atoms with E-state index >= 15 is 0 Å². The number of ether oxygens (including phenoxy) is 1. The van der Waals surface area contributed by atoms with E-state index in [1.54, 1.807) is 7.11 Å². The van der Waals surface area contributed by atoms with E-state index in [0.717, 1.165) is 17.0 Å². The second-order valence-electron chi connectivity index (χ2n) is 4.12. The molecule has 1 amide bonds. The minimum absolute atomic E-state index is 0.0433. The van der Waals surface area contributed by atoms with Gasteiger partial charge in [0.05, 0.1) is 12.8 Å². The van der Waals surface area contributed by atoms with Gasteiger partial charge in [-0.3, -0.25) is 4.79 Å². The molecule has 0 spiro atoms. The second-order valence-corrected chi connectivity index (χ2v) is 4.12. The third-order valence-electron chi connectivity index (χ3n) is 2.82. The van der Waals surface area contributed by atoms with Gasteiger partial charge in [0.1, 0.15) is 5.75 Å². The molecule has 4 heteroatoms. The molecule has 0 saturated heterocycles. The summed E-state index contributed by atoms with van der Waals surface area (Å²) in [5, 5.41) is 5.57. The standard InChI is InChI=1S/C15H16N2O2/c1-3-4-11-17-15(18)10-9-14(16-17)12-5-7-13(19-2)8-6-12/h5-8H,3,9-10H2,1-2H3. The van der Waals surface area contributed by atoms with Gasteiger partial charge in [-0.15, -0.1) is 0 Å². The summed E-state index contributed by atoms with van der Waals surface area (Å²) >= 11 is 0. The van der Waals surface area contributed by atoms with Crippen LogP contribution in [0.1, 0.15) is 31.7 Å². The van der Waals surface area contributed by atoms with Crippen LogP contribution in [0.25, 0.3) is 0 Å². The molecule has 1 aromatic rings. The average Bonchev–Trinajstić information content (AvgIpc) is 2.46. The maximum Gasteiger partial charge on any atom is 0.255 e. The predicted octanol–water partition coefficient (Wildman–Crippen LogP) is 2.39. The lowest BCUT2D eigenvalue weighted by Gasteiger charge is -2.18. The molecule has 0 aliphatic carbocycles. The number of rotatable bonds is 2. The van der Waals surface area contributed by atoms with Gasteiger partial charge in [0.25, 0.3) is 5.91 Å². The van der Waals surface area contributed by atoms with Crippen molar-refractivity contribution in [3.05, 3.63) is 29.8 Å². The first-order valence-electron chi connectivity index (χ1n) is 6.28. The summed E-state index contributed by atoms with van der Waals surface area (Å²) in [5.74, 6) is 3.63. The lowest BCUT2D eigenvalue weighted by atomic mass is 10.0. The van der Waals surface area contributed by atoms with Gasteiger partial charge < -0.3 is 4.74 Å². The first-order chi connectivity index (χ1) is 9.24. The summed E-state index contributed by atoms with van der Waals surface area (Å²) in [6.45, 7) is 1.94. The fraction of sp³-hybridized carbons (Fsp3) is 0.333. The van der Waals surface area contributed by atoms with Crippen LogP contribution in [0.5, 0.6) is 5.75 Å². The van der Waals surface area contributed by atoms with Crippen molar-refractivity contribution in [1.82, 2.24) is 5.01 Å². The van der Waals surface area contributed by atoms with Gasteiger partial charge in [0.15, 0.2) is 0 Å². The van der Waals surface area contributed by atoms with Crippen molar-refractivity contribution in [3.63, 3.8) is 0 Å². The van der Waals surface area contributed by atoms with Crippen LogP contribution in [0.3, 0.4) is 0 Å². The van der Waals surface area contributed by atoms with Crippen molar-refractivity contribution in [1.29, 1.82) is 0 Å². The number of methoxy groups -OCH3 is 1. The summed E-state index contributed by atoms with van der Waals surface area (Å²) in [6.07, 6.45) is 1.80. The Balaban J connectivity index is 2.25. The third kappa shape index (κ3) is 3.14. The zero-order chi connectivity index (χ0) is 13.7. The molecule has 1 aliphatic heterocycles. The molecular formula is C15H16N2O2. The van der Waals surface area contributed by atoms with E-state index in [-0.39, 0.29) is 5.91 Å². The number of carbonyl (C=O) groups is 1. The molecular weight excluding hydrogens is 240 g/mol. The summed E-state index contributed by atoms with van der Waals surface area (Å²) in [6, 6.07) is 10.4. The number of nitrogens with zero attached hydrogens (tertiary/aromatic N) is 2. The first-order valence-corrected chi connectivity index (χ1v) is 6.28. The largest absolute Gasteiger partial charge is 0.497 e. The van der Waals surface area contributed by atoms with E-state index < -0.39 is 0 Å². The number of benzene rings is 1. The summed E-state index contributed by atoms with van der Waals surface area (Å²) < 4.78 is 5.12. The third-order valence-corrected chi connectivity index (χ3v) is 2.82. The highest BCUT2D eigenvalue weighted by Gasteiger charge is 2.19. The van der Waals surface area contributed by atoms with Crippen LogP contribution in [-0.4, -0.2) is 23.7 Å². The normalized spacial score (nSPS) is 14.5. The quantitative estimate of drug-likeness (QED) is 0.762. The zero-order valence-electron chi connectivity index (χ0n) is 11.1. The lowest BCUT2D eigenvalue weighted by Crippen LogP contribution is -2.28. The van der Waals surface area contributed by atoms with Crippen LogP contribution in [0.4, 0.5) is 0 Å². The number of hydrogen-bond donors (Lipinski definition) is 0. The van der Waals surface area contributed by atoms with Crippen LogP contribution in [0.15, 0.2) is 29.4 Å². The van der Waals surface area contributed by atoms with E-state index in [1.165, 1.54) is 5.01 Å². The highest BCUT2D eigenvalue weighted by molar-refractivity contribution is 6.04. The van der Waals surface area contributed by atoms with E-state index in [4.69, 9.17) is 4.74 Å². The predicted molar refractivity (Wildman–Crippen MR) is 73.7 cm³/mol. The van der Waals surface area contributed by atoms with Crippen LogP contribution in [0.2, 0.25) is 0 Å². The number of hydrogen-bond acceptors (Lipinski definition) is 3. The molecule has 0 atom stereocenters. The Bertz CT molecular complexity index is 550. The fourth-order valence-corrected chi connectivity index (χ4v) is 1.78. The smallest absolute Gasteiger partial charge is 0.255 e. The molecule has 0 fully saturated rings. The molecule has 4 nitrogen and oxygen atoms in total. The highest BCUT2D eigenvalue weighted by atomic mass is 16.5. The van der Waals surface area contributed by atoms with Crippen molar-refractivity contribution in [2.24, 2.45) is 5.10 Å². The van der Waals surface area contributed by atoms with Gasteiger partial charge >= 0.3 is 0 Å². The van der Waals surface area contributed by atoms with Crippen LogP contribution >= 0.6 is 0 Å². The van der Waals surface area contributed by atoms with Gasteiger partial charge in [-0.2, -0.15) is 10.1 Å².